The van der Waals surface area contributed by atoms with Crippen molar-refractivity contribution in [3.63, 3.8) is 0 Å². The highest BCUT2D eigenvalue weighted by Gasteiger charge is 2.59. The largest absolute Gasteiger partial charge is 0.497 e. The van der Waals surface area contributed by atoms with Gasteiger partial charge in [0.2, 0.25) is 0 Å². The van der Waals surface area contributed by atoms with Crippen LogP contribution in [0.2, 0.25) is 18.1 Å². The molecule has 10 heteroatoms. The Balaban J connectivity index is 2.46. The Labute approximate surface area is 277 Å². The summed E-state index contributed by atoms with van der Waals surface area (Å²) in [4.78, 5) is 14.2. The van der Waals surface area contributed by atoms with Gasteiger partial charge in [-0.15, -0.1) is 6.42 Å². The first-order valence-electron chi connectivity index (χ1n) is 15.7. The molecule has 0 bridgehead atoms. The zero-order chi connectivity index (χ0) is 34.8. The van der Waals surface area contributed by atoms with E-state index in [2.05, 4.69) is 39.8 Å². The van der Waals surface area contributed by atoms with E-state index in [0.717, 1.165) is 16.9 Å². The quantitative estimate of drug-likeness (QED) is 0.0853. The number of ketones is 1. The van der Waals surface area contributed by atoms with Gasteiger partial charge in [0.25, 0.3) is 0 Å². The average molecular weight is 661 g/mol. The Morgan fingerprint density at radius 1 is 1.13 bits per heavy atom. The molecule has 1 aromatic carbocycles. The van der Waals surface area contributed by atoms with Crippen molar-refractivity contribution in [3.8, 4) is 18.1 Å². The van der Waals surface area contributed by atoms with Crippen LogP contribution in [0, 0.1) is 17.8 Å². The van der Waals surface area contributed by atoms with E-state index in [-0.39, 0.29) is 30.8 Å². The third-order valence-electron chi connectivity index (χ3n) is 9.47. The molecule has 1 unspecified atom stereocenters. The molecule has 0 saturated carbocycles. The summed E-state index contributed by atoms with van der Waals surface area (Å²) in [7, 11) is 2.65. The van der Waals surface area contributed by atoms with Gasteiger partial charge in [-0.2, -0.15) is 0 Å². The number of rotatable bonds is 18. The second-order valence-electron chi connectivity index (χ2n) is 13.8. The van der Waals surface area contributed by atoms with Gasteiger partial charge in [0.05, 0.1) is 25.9 Å². The lowest BCUT2D eigenvalue weighted by atomic mass is 9.58. The van der Waals surface area contributed by atoms with Gasteiger partial charge in [0, 0.05) is 38.2 Å². The minimum absolute atomic E-state index is 0.0121. The molecule has 0 amide bonds. The van der Waals surface area contributed by atoms with Crippen LogP contribution >= 0.6 is 0 Å². The lowest BCUT2D eigenvalue weighted by molar-refractivity contribution is -0.227. The van der Waals surface area contributed by atoms with Gasteiger partial charge in [-0.25, -0.2) is 0 Å². The van der Waals surface area contributed by atoms with E-state index in [0.29, 0.717) is 25.2 Å². The third-order valence-corrected chi connectivity index (χ3v) is 14.0. The normalized spacial score (nSPS) is 21.7. The van der Waals surface area contributed by atoms with Crippen molar-refractivity contribution >= 4 is 14.1 Å². The van der Waals surface area contributed by atoms with E-state index in [1.165, 1.54) is 20.3 Å². The zero-order valence-corrected chi connectivity index (χ0v) is 30.7. The van der Waals surface area contributed by atoms with Gasteiger partial charge in [-0.05, 0) is 60.8 Å². The second kappa shape index (κ2) is 17.2. The summed E-state index contributed by atoms with van der Waals surface area (Å²) >= 11 is 0. The van der Waals surface area contributed by atoms with Crippen molar-refractivity contribution in [1.82, 2.24) is 0 Å². The highest BCUT2D eigenvalue weighted by molar-refractivity contribution is 6.74. The summed E-state index contributed by atoms with van der Waals surface area (Å²) in [5.41, 5.74) is -0.275. The van der Waals surface area contributed by atoms with Crippen LogP contribution in [0.15, 0.2) is 47.6 Å². The third kappa shape index (κ3) is 9.61. The highest BCUT2D eigenvalue weighted by atomic mass is 28.4. The summed E-state index contributed by atoms with van der Waals surface area (Å²) < 4.78 is 40.6. The molecular formula is C36H56O9Si. The lowest BCUT2D eigenvalue weighted by Gasteiger charge is -2.53. The van der Waals surface area contributed by atoms with Gasteiger partial charge in [-0.3, -0.25) is 4.79 Å². The fourth-order valence-electron chi connectivity index (χ4n) is 5.54. The fourth-order valence-corrected chi connectivity index (χ4v) is 6.60. The van der Waals surface area contributed by atoms with Crippen molar-refractivity contribution < 1.29 is 42.7 Å². The molecule has 0 fully saturated rings. The number of allylic oxidation sites excluding steroid dienone is 1. The fraction of sp³-hybridized carbons (Fsp3) is 0.639. The molecule has 0 aromatic heterocycles. The molecule has 0 spiro atoms. The summed E-state index contributed by atoms with van der Waals surface area (Å²) in [6.07, 6.45) is 7.47. The number of ether oxygens (including phenoxy) is 6. The van der Waals surface area contributed by atoms with Crippen molar-refractivity contribution in [2.45, 2.75) is 103 Å². The van der Waals surface area contributed by atoms with E-state index in [1.54, 1.807) is 13.2 Å². The molecule has 9 nitrogen and oxygen atoms in total. The maximum atomic E-state index is 14.2. The molecule has 4 atom stereocenters. The molecule has 1 aliphatic rings. The topological polar surface area (TPSA) is 102 Å². The number of carbonyl (C=O) groups is 1. The van der Waals surface area contributed by atoms with Crippen LogP contribution in [0.5, 0.6) is 5.75 Å². The van der Waals surface area contributed by atoms with E-state index in [4.69, 9.17) is 39.3 Å². The summed E-state index contributed by atoms with van der Waals surface area (Å²) in [5, 5.41) is 11.2. The van der Waals surface area contributed by atoms with E-state index in [9.17, 15) is 9.90 Å². The first kappa shape index (κ1) is 39.8. The molecule has 2 rings (SSSR count). The molecule has 1 aromatic rings. The standard InChI is InChI=1S/C36H56O9Si/c1-13-32(38)36(44-25-40-9)22-31(43-24-39-8)26(2)33(35(36,6)7)30(37)19-18-29(20-21-45-46(11,12)34(3,4)5)42-23-27-14-16-28(41-10)17-15-27/h1,14-19,29,31-32,38H,20-25H2,2-12H3/b19-18+/t29-,31+,32?,36-/m1/s1. The average Bonchev–Trinajstić information content (AvgIpc) is 3.00. The van der Waals surface area contributed by atoms with Gasteiger partial charge >= 0.3 is 0 Å². The Kier molecular flexibility index (Phi) is 14.9. The van der Waals surface area contributed by atoms with Gasteiger partial charge in [0.15, 0.2) is 14.1 Å². The smallest absolute Gasteiger partial charge is 0.191 e. The predicted octanol–water partition coefficient (Wildman–Crippen LogP) is 6.21. The maximum Gasteiger partial charge on any atom is 0.191 e. The Bertz CT molecular complexity index is 1220. The number of aliphatic hydroxyl groups excluding tert-OH is 1. The van der Waals surface area contributed by atoms with Gasteiger partial charge in [-0.1, -0.05) is 58.7 Å². The van der Waals surface area contributed by atoms with Crippen LogP contribution in [0.3, 0.4) is 0 Å². The highest BCUT2D eigenvalue weighted by Crippen LogP contribution is 2.52. The van der Waals surface area contributed by atoms with Gasteiger partial charge < -0.3 is 38.0 Å². The van der Waals surface area contributed by atoms with E-state index >= 15 is 0 Å². The van der Waals surface area contributed by atoms with Crippen LogP contribution in [-0.4, -0.2) is 84.6 Å². The monoisotopic (exact) mass is 660 g/mol. The number of benzene rings is 1. The molecule has 0 radical (unpaired) electrons. The molecule has 1 N–H and O–H groups in total. The Hall–Kier alpha value is -2.33. The van der Waals surface area contributed by atoms with Crippen molar-refractivity contribution in [1.29, 1.82) is 0 Å². The molecule has 46 heavy (non-hydrogen) atoms. The van der Waals surface area contributed by atoms with E-state index < -0.39 is 37.6 Å². The second-order valence-corrected chi connectivity index (χ2v) is 18.6. The molecule has 258 valence electrons. The number of hydrogen-bond donors (Lipinski definition) is 1. The van der Waals surface area contributed by atoms with Crippen molar-refractivity contribution in [2.24, 2.45) is 5.41 Å². The molecule has 0 saturated heterocycles. The van der Waals surface area contributed by atoms with Crippen LogP contribution in [-0.2, 0) is 39.5 Å². The number of carbonyl (C=O) groups excluding carboxylic acids is 1. The predicted molar refractivity (Wildman–Crippen MR) is 182 cm³/mol. The summed E-state index contributed by atoms with van der Waals surface area (Å²) in [6.45, 7) is 17.3. The first-order valence-corrected chi connectivity index (χ1v) is 18.6. The maximum absolute atomic E-state index is 14.2. The minimum atomic E-state index is -1.99. The number of hydrogen-bond acceptors (Lipinski definition) is 9. The molecule has 0 heterocycles. The van der Waals surface area contributed by atoms with Crippen LogP contribution in [0.4, 0.5) is 0 Å². The van der Waals surface area contributed by atoms with Crippen molar-refractivity contribution in [2.75, 3.05) is 41.5 Å². The Morgan fingerprint density at radius 3 is 2.30 bits per heavy atom. The zero-order valence-electron chi connectivity index (χ0n) is 29.7. The van der Waals surface area contributed by atoms with E-state index in [1.807, 2.05) is 45.0 Å². The first-order chi connectivity index (χ1) is 21.5. The van der Waals surface area contributed by atoms with Crippen LogP contribution < -0.4 is 4.74 Å². The minimum Gasteiger partial charge on any atom is -0.497 e. The van der Waals surface area contributed by atoms with Crippen LogP contribution in [0.25, 0.3) is 0 Å². The molecule has 0 aliphatic heterocycles. The number of terminal acetylenes is 1. The number of methoxy groups -OCH3 is 3. The Morgan fingerprint density at radius 2 is 1.76 bits per heavy atom. The van der Waals surface area contributed by atoms with Gasteiger partial charge in [0.1, 0.15) is 31.0 Å². The van der Waals surface area contributed by atoms with Crippen LogP contribution in [0.1, 0.15) is 59.9 Å². The lowest BCUT2D eigenvalue weighted by Crippen LogP contribution is -2.61. The summed E-state index contributed by atoms with van der Waals surface area (Å²) in [6, 6.07) is 7.68. The number of aliphatic hydroxyl groups is 1. The SMILES string of the molecule is C#CC(O)[C@]1(OCOC)C[C@H](OCOC)C(C)=C(C(=O)/C=C/[C@H](CCO[Si](C)(C)C(C)(C)C)OCc2ccc(OC)cc2)C1(C)C. The van der Waals surface area contributed by atoms with Crippen molar-refractivity contribution in [3.05, 3.63) is 53.1 Å². The summed E-state index contributed by atoms with van der Waals surface area (Å²) in [5.74, 6) is 2.93. The molecular weight excluding hydrogens is 604 g/mol. The molecule has 1 aliphatic carbocycles.